The van der Waals surface area contributed by atoms with Gasteiger partial charge in [-0.25, -0.2) is 0 Å². The van der Waals surface area contributed by atoms with Gasteiger partial charge in [0.05, 0.1) is 18.9 Å². The number of carboxylic acids is 2. The summed E-state index contributed by atoms with van der Waals surface area (Å²) in [5.41, 5.74) is 1.27. The number of aromatic hydroxyl groups is 1. The van der Waals surface area contributed by atoms with E-state index in [1.165, 1.54) is 6.20 Å². The Morgan fingerprint density at radius 1 is 0.906 bits per heavy atom. The van der Waals surface area contributed by atoms with Crippen LogP contribution in [0.1, 0.15) is 94.9 Å². The van der Waals surface area contributed by atoms with Gasteiger partial charge in [-0.3, -0.25) is 14.6 Å². The summed E-state index contributed by atoms with van der Waals surface area (Å²) in [6, 6.07) is 0. The molecule has 0 bridgehead atoms. The Kier molecular flexibility index (Phi) is 16.2. The molecule has 0 saturated carbocycles. The SMILES string of the molecule is CCCCCC(CC(=O)O)C(CCCC)CCC(=O)O.Cc1ncc(CO)c(CO)c1O. The van der Waals surface area contributed by atoms with Gasteiger partial charge in [-0.15, -0.1) is 0 Å². The van der Waals surface area contributed by atoms with Gasteiger partial charge in [-0.1, -0.05) is 52.4 Å². The molecule has 0 aliphatic rings. The first-order valence-corrected chi connectivity index (χ1v) is 11.5. The van der Waals surface area contributed by atoms with Crippen molar-refractivity contribution in [3.8, 4) is 5.75 Å². The second-order valence-corrected chi connectivity index (χ2v) is 8.20. The Morgan fingerprint density at radius 3 is 2.03 bits per heavy atom. The summed E-state index contributed by atoms with van der Waals surface area (Å²) in [6.07, 6.45) is 9.65. The molecule has 8 heteroatoms. The number of aliphatic hydroxyl groups excluding tert-OH is 2. The Morgan fingerprint density at radius 2 is 1.53 bits per heavy atom. The van der Waals surface area contributed by atoms with E-state index in [0.29, 0.717) is 23.2 Å². The van der Waals surface area contributed by atoms with Crippen molar-refractivity contribution in [3.05, 3.63) is 23.0 Å². The van der Waals surface area contributed by atoms with Crippen molar-refractivity contribution < 1.29 is 35.1 Å². The quantitative estimate of drug-likeness (QED) is 0.244. The monoisotopic (exact) mass is 455 g/mol. The highest BCUT2D eigenvalue weighted by molar-refractivity contribution is 5.67. The number of hydrogen-bond acceptors (Lipinski definition) is 6. The first-order chi connectivity index (χ1) is 15.2. The summed E-state index contributed by atoms with van der Waals surface area (Å²) in [4.78, 5) is 25.6. The molecule has 0 spiro atoms. The minimum atomic E-state index is -0.783. The van der Waals surface area contributed by atoms with Crippen molar-refractivity contribution in [2.75, 3.05) is 0 Å². The van der Waals surface area contributed by atoms with Crippen molar-refractivity contribution in [2.45, 2.75) is 98.2 Å². The van der Waals surface area contributed by atoms with E-state index in [-0.39, 0.29) is 43.6 Å². The molecular weight excluding hydrogens is 414 g/mol. The van der Waals surface area contributed by atoms with Crippen LogP contribution in [0.5, 0.6) is 5.75 Å². The number of pyridine rings is 1. The van der Waals surface area contributed by atoms with Gasteiger partial charge in [0.1, 0.15) is 5.75 Å². The summed E-state index contributed by atoms with van der Waals surface area (Å²) in [5.74, 6) is -1.22. The number of aliphatic carboxylic acids is 2. The molecule has 5 N–H and O–H groups in total. The topological polar surface area (TPSA) is 148 Å². The summed E-state index contributed by atoms with van der Waals surface area (Å²) < 4.78 is 0. The lowest BCUT2D eigenvalue weighted by Gasteiger charge is -2.26. The van der Waals surface area contributed by atoms with Crippen LogP contribution in [0.4, 0.5) is 0 Å². The highest BCUT2D eigenvalue weighted by Gasteiger charge is 2.24. The number of rotatable bonds is 15. The lowest BCUT2D eigenvalue weighted by Crippen LogP contribution is -2.20. The van der Waals surface area contributed by atoms with E-state index in [0.717, 1.165) is 44.9 Å². The van der Waals surface area contributed by atoms with Crippen LogP contribution in [-0.2, 0) is 22.8 Å². The van der Waals surface area contributed by atoms with Gasteiger partial charge in [0, 0.05) is 30.2 Å². The Balaban J connectivity index is 0.000000677. The lowest BCUT2D eigenvalue weighted by atomic mass is 9.79. The number of carbonyl (C=O) groups is 2. The van der Waals surface area contributed by atoms with Crippen molar-refractivity contribution in [1.29, 1.82) is 0 Å². The molecule has 32 heavy (non-hydrogen) atoms. The molecule has 0 aromatic carbocycles. The van der Waals surface area contributed by atoms with Gasteiger partial charge in [-0.05, 0) is 31.6 Å². The van der Waals surface area contributed by atoms with Crippen molar-refractivity contribution in [3.63, 3.8) is 0 Å². The number of unbranched alkanes of at least 4 members (excludes halogenated alkanes) is 3. The highest BCUT2D eigenvalue weighted by atomic mass is 16.4. The second kappa shape index (κ2) is 17.4. The van der Waals surface area contributed by atoms with Crippen LogP contribution < -0.4 is 0 Å². The Labute approximate surface area is 191 Å². The van der Waals surface area contributed by atoms with Crippen LogP contribution in [0, 0.1) is 18.8 Å². The van der Waals surface area contributed by atoms with Gasteiger partial charge in [0.25, 0.3) is 0 Å². The number of hydrogen-bond donors (Lipinski definition) is 5. The number of nitrogens with zero attached hydrogens (tertiary/aromatic N) is 1. The smallest absolute Gasteiger partial charge is 0.303 e. The Bertz CT molecular complexity index is 679. The van der Waals surface area contributed by atoms with Crippen LogP contribution in [-0.4, -0.2) is 42.5 Å². The maximum absolute atomic E-state index is 11.0. The molecule has 0 radical (unpaired) electrons. The third-order valence-electron chi connectivity index (χ3n) is 5.70. The summed E-state index contributed by atoms with van der Waals surface area (Å²) >= 11 is 0. The number of aliphatic hydroxyl groups is 2. The summed E-state index contributed by atoms with van der Waals surface area (Å²) in [7, 11) is 0. The molecule has 0 saturated heterocycles. The highest BCUT2D eigenvalue weighted by Crippen LogP contribution is 2.31. The standard InChI is InChI=1S/C16H30O4.C8H11NO3/c1-3-5-7-9-14(12-16(19)20)13(8-6-4-2)10-11-15(17)18;1-5-8(12)7(4-11)6(3-10)2-9-5/h13-14H,3-12H2,1-2H3,(H,17,18)(H,19,20);2,10-12H,3-4H2,1H3. The van der Waals surface area contributed by atoms with E-state index in [9.17, 15) is 14.7 Å². The average molecular weight is 456 g/mol. The van der Waals surface area contributed by atoms with Crippen molar-refractivity contribution in [1.82, 2.24) is 4.98 Å². The van der Waals surface area contributed by atoms with Crippen LogP contribution in [0.2, 0.25) is 0 Å². The molecule has 8 nitrogen and oxygen atoms in total. The van der Waals surface area contributed by atoms with Gasteiger partial charge < -0.3 is 25.5 Å². The molecule has 0 aliphatic heterocycles. The van der Waals surface area contributed by atoms with Crippen LogP contribution in [0.15, 0.2) is 6.20 Å². The fourth-order valence-electron chi connectivity index (χ4n) is 3.77. The molecule has 0 aliphatic carbocycles. The summed E-state index contributed by atoms with van der Waals surface area (Å²) in [6.45, 7) is 5.36. The largest absolute Gasteiger partial charge is 0.506 e. The average Bonchev–Trinajstić information content (AvgIpc) is 2.75. The minimum Gasteiger partial charge on any atom is -0.506 e. The van der Waals surface area contributed by atoms with Crippen molar-refractivity contribution in [2.24, 2.45) is 11.8 Å². The molecule has 0 amide bonds. The van der Waals surface area contributed by atoms with E-state index in [1.807, 2.05) is 0 Å². The predicted molar refractivity (Wildman–Crippen MR) is 122 cm³/mol. The van der Waals surface area contributed by atoms with Gasteiger partial charge in [-0.2, -0.15) is 0 Å². The Hall–Kier alpha value is -2.19. The van der Waals surface area contributed by atoms with Crippen LogP contribution in [0.3, 0.4) is 0 Å². The number of aromatic nitrogens is 1. The molecule has 0 fully saturated rings. The number of carboxylic acid groups (broad SMARTS) is 2. The fraction of sp³-hybridized carbons (Fsp3) is 0.708. The zero-order valence-electron chi connectivity index (χ0n) is 19.7. The fourth-order valence-corrected chi connectivity index (χ4v) is 3.77. The molecule has 184 valence electrons. The maximum Gasteiger partial charge on any atom is 0.303 e. The molecule has 2 unspecified atom stereocenters. The van der Waals surface area contributed by atoms with Gasteiger partial charge >= 0.3 is 11.9 Å². The molecule has 1 rings (SSSR count). The van der Waals surface area contributed by atoms with Crippen molar-refractivity contribution >= 4 is 11.9 Å². The third kappa shape index (κ3) is 12.0. The first kappa shape index (κ1) is 29.8. The van der Waals surface area contributed by atoms with Crippen LogP contribution >= 0.6 is 0 Å². The first-order valence-electron chi connectivity index (χ1n) is 11.5. The summed E-state index contributed by atoms with van der Waals surface area (Å²) in [5, 5.41) is 45.0. The molecule has 1 heterocycles. The van der Waals surface area contributed by atoms with Crippen LogP contribution in [0.25, 0.3) is 0 Å². The van der Waals surface area contributed by atoms with E-state index >= 15 is 0 Å². The van der Waals surface area contributed by atoms with Gasteiger partial charge in [0.2, 0.25) is 0 Å². The van der Waals surface area contributed by atoms with E-state index in [4.69, 9.17) is 20.4 Å². The molecule has 2 atom stereocenters. The van der Waals surface area contributed by atoms with Gasteiger partial charge in [0.15, 0.2) is 0 Å². The zero-order valence-corrected chi connectivity index (χ0v) is 19.7. The zero-order chi connectivity index (χ0) is 24.5. The van der Waals surface area contributed by atoms with E-state index in [1.54, 1.807) is 6.92 Å². The predicted octanol–water partition coefficient (Wildman–Crippen LogP) is 4.41. The lowest BCUT2D eigenvalue weighted by molar-refractivity contribution is -0.138. The molecule has 1 aromatic heterocycles. The minimum absolute atomic E-state index is 0.0379. The second-order valence-electron chi connectivity index (χ2n) is 8.20. The molecule has 1 aromatic rings. The normalized spacial score (nSPS) is 12.5. The maximum atomic E-state index is 11.0. The van der Waals surface area contributed by atoms with E-state index in [2.05, 4.69) is 18.8 Å². The third-order valence-corrected chi connectivity index (χ3v) is 5.70. The number of aryl methyl sites for hydroxylation is 1. The van der Waals surface area contributed by atoms with E-state index < -0.39 is 11.9 Å². The molecular formula is C24H41NO7.